The summed E-state index contributed by atoms with van der Waals surface area (Å²) in [5, 5.41) is 0. The van der Waals surface area contributed by atoms with Gasteiger partial charge >= 0.3 is 21.2 Å². The highest BCUT2D eigenvalue weighted by Gasteiger charge is 2.33. The maximum atomic E-state index is 13.1. The van der Waals surface area contributed by atoms with E-state index in [-0.39, 0.29) is 32.8 Å². The van der Waals surface area contributed by atoms with E-state index in [4.69, 9.17) is 0 Å². The zero-order valence-corrected chi connectivity index (χ0v) is 9.76. The first-order valence-electron chi connectivity index (χ1n) is 4.48. The minimum atomic E-state index is -0.256. The van der Waals surface area contributed by atoms with E-state index in [0.29, 0.717) is 0 Å². The molecule has 0 N–H and O–H groups in total. The molecule has 0 atom stereocenters. The molecular formula is C12H6F2I+. The standard InChI is InChI=1S/C12H6F2I/c13-7-1-3-11-9(5-7)10-6-8(14)2-4-12(10)15-11/h1-6H/q+1. The number of hydrogen-bond acceptors (Lipinski definition) is 0. The molecule has 0 bridgehead atoms. The van der Waals surface area contributed by atoms with Gasteiger partial charge in [-0.25, -0.2) is 8.78 Å². The minimum absolute atomic E-state index is 0.255. The summed E-state index contributed by atoms with van der Waals surface area (Å²) < 4.78 is 28.5. The molecule has 0 nitrogen and oxygen atoms in total. The zero-order valence-electron chi connectivity index (χ0n) is 7.60. The van der Waals surface area contributed by atoms with E-state index >= 15 is 0 Å². The van der Waals surface area contributed by atoms with Gasteiger partial charge in [0.1, 0.15) is 11.6 Å². The van der Waals surface area contributed by atoms with Crippen molar-refractivity contribution >= 4 is 0 Å². The first kappa shape index (κ1) is 9.27. The highest BCUT2D eigenvalue weighted by Crippen LogP contribution is 2.23. The van der Waals surface area contributed by atoms with E-state index in [0.717, 1.165) is 11.1 Å². The molecule has 1 aliphatic heterocycles. The van der Waals surface area contributed by atoms with Crippen LogP contribution >= 0.6 is 0 Å². The lowest BCUT2D eigenvalue weighted by Gasteiger charge is -1.94. The van der Waals surface area contributed by atoms with E-state index in [2.05, 4.69) is 0 Å². The Balaban J connectivity index is 2.28. The van der Waals surface area contributed by atoms with E-state index in [1.807, 2.05) is 12.1 Å². The van der Waals surface area contributed by atoms with Crippen LogP contribution in [-0.4, -0.2) is 0 Å². The largest absolute Gasteiger partial charge is 0.359 e. The Kier molecular flexibility index (Phi) is 2.02. The first-order valence-corrected chi connectivity index (χ1v) is 6.64. The maximum absolute atomic E-state index is 13.1. The van der Waals surface area contributed by atoms with Gasteiger partial charge in [-0.05, 0) is 36.4 Å². The Labute approximate surface area is 96.2 Å². The summed E-state index contributed by atoms with van der Waals surface area (Å²) in [5.74, 6) is -0.510. The van der Waals surface area contributed by atoms with E-state index in [1.165, 1.54) is 31.4 Å². The first-order chi connectivity index (χ1) is 7.24. The summed E-state index contributed by atoms with van der Waals surface area (Å²) in [6.07, 6.45) is 0. The van der Waals surface area contributed by atoms with Crippen molar-refractivity contribution in [2.24, 2.45) is 0 Å². The van der Waals surface area contributed by atoms with Gasteiger partial charge in [0.25, 0.3) is 0 Å². The minimum Gasteiger partial charge on any atom is -0.207 e. The highest BCUT2D eigenvalue weighted by atomic mass is 127. The fourth-order valence-electron chi connectivity index (χ4n) is 1.68. The van der Waals surface area contributed by atoms with Gasteiger partial charge in [0.15, 0.2) is 0 Å². The molecule has 0 aromatic heterocycles. The monoisotopic (exact) mass is 315 g/mol. The quantitative estimate of drug-likeness (QED) is 0.515. The molecule has 15 heavy (non-hydrogen) atoms. The highest BCUT2D eigenvalue weighted by molar-refractivity contribution is 5.64. The fraction of sp³-hybridized carbons (Fsp3) is 0. The van der Waals surface area contributed by atoms with E-state index in [1.54, 1.807) is 0 Å². The van der Waals surface area contributed by atoms with Gasteiger partial charge in [0, 0.05) is 11.1 Å². The number of fused-ring (bicyclic) bond motifs is 3. The van der Waals surface area contributed by atoms with Crippen LogP contribution in [0.4, 0.5) is 8.78 Å². The Morgan fingerprint density at radius 2 is 1.20 bits per heavy atom. The lowest BCUT2D eigenvalue weighted by Crippen LogP contribution is -3.61. The zero-order chi connectivity index (χ0) is 10.4. The number of rotatable bonds is 0. The molecule has 0 unspecified atom stereocenters. The summed E-state index contributed by atoms with van der Waals surface area (Å²) in [5.41, 5.74) is 1.75. The number of benzene rings is 2. The van der Waals surface area contributed by atoms with Gasteiger partial charge in [-0.1, -0.05) is 0 Å². The third kappa shape index (κ3) is 1.45. The fourth-order valence-corrected chi connectivity index (χ4v) is 4.50. The molecule has 0 amide bonds. The van der Waals surface area contributed by atoms with Gasteiger partial charge in [0.2, 0.25) is 7.14 Å². The van der Waals surface area contributed by atoms with E-state index in [9.17, 15) is 8.78 Å². The Morgan fingerprint density at radius 3 is 1.67 bits per heavy atom. The van der Waals surface area contributed by atoms with Crippen LogP contribution in [0.15, 0.2) is 36.4 Å². The SMILES string of the molecule is Fc1ccc2c(c1)-c1cc(F)ccc1[I+]2. The molecule has 3 rings (SSSR count). The van der Waals surface area contributed by atoms with E-state index < -0.39 is 0 Å². The smallest absolute Gasteiger partial charge is 0.207 e. The van der Waals surface area contributed by atoms with Gasteiger partial charge in [-0.2, -0.15) is 0 Å². The summed E-state index contributed by atoms with van der Waals surface area (Å²) in [7, 11) is 0. The molecule has 0 radical (unpaired) electrons. The maximum Gasteiger partial charge on any atom is 0.359 e. The van der Waals surface area contributed by atoms with Gasteiger partial charge in [0.05, 0.1) is 0 Å². The molecular weight excluding hydrogens is 309 g/mol. The predicted molar refractivity (Wildman–Crippen MR) is 49.2 cm³/mol. The lowest BCUT2D eigenvalue weighted by atomic mass is 10.1. The second-order valence-corrected chi connectivity index (χ2v) is 6.21. The van der Waals surface area contributed by atoms with Crippen molar-refractivity contribution in [2.75, 3.05) is 0 Å². The van der Waals surface area contributed by atoms with Crippen molar-refractivity contribution in [2.45, 2.75) is 0 Å². The molecule has 0 fully saturated rings. The van der Waals surface area contributed by atoms with Gasteiger partial charge in [-0.15, -0.1) is 0 Å². The average molecular weight is 315 g/mol. The van der Waals surface area contributed by atoms with Crippen LogP contribution in [0.1, 0.15) is 0 Å². The molecule has 74 valence electrons. The second-order valence-electron chi connectivity index (χ2n) is 3.34. The summed E-state index contributed by atoms with van der Waals surface area (Å²) >= 11 is -0.256. The van der Waals surface area contributed by atoms with Crippen LogP contribution < -0.4 is 21.2 Å². The Hall–Kier alpha value is -0.970. The summed E-state index contributed by atoms with van der Waals surface area (Å²) in [6, 6.07) is 9.58. The van der Waals surface area contributed by atoms with Crippen LogP contribution in [0, 0.1) is 18.8 Å². The van der Waals surface area contributed by atoms with Gasteiger partial charge < -0.3 is 0 Å². The number of halogens is 3. The molecule has 0 aliphatic carbocycles. The van der Waals surface area contributed by atoms with Crippen LogP contribution in [0.5, 0.6) is 0 Å². The van der Waals surface area contributed by atoms with Crippen molar-refractivity contribution in [3.8, 4) is 11.1 Å². The third-order valence-electron chi connectivity index (χ3n) is 2.35. The van der Waals surface area contributed by atoms with Crippen molar-refractivity contribution in [1.82, 2.24) is 0 Å². The topological polar surface area (TPSA) is 0 Å². The van der Waals surface area contributed by atoms with Crippen LogP contribution in [0.3, 0.4) is 0 Å². The molecule has 2 aromatic carbocycles. The Morgan fingerprint density at radius 1 is 0.733 bits per heavy atom. The predicted octanol–water partition coefficient (Wildman–Crippen LogP) is 0.0736. The van der Waals surface area contributed by atoms with Crippen molar-refractivity contribution < 1.29 is 30.0 Å². The molecule has 0 saturated carbocycles. The van der Waals surface area contributed by atoms with Crippen LogP contribution in [0.2, 0.25) is 0 Å². The number of hydrogen-bond donors (Lipinski definition) is 0. The van der Waals surface area contributed by atoms with Crippen LogP contribution in [0.25, 0.3) is 11.1 Å². The third-order valence-corrected chi connectivity index (χ3v) is 5.39. The molecule has 1 aliphatic rings. The van der Waals surface area contributed by atoms with Crippen molar-refractivity contribution in [1.29, 1.82) is 0 Å². The molecule has 0 saturated heterocycles. The summed E-state index contributed by atoms with van der Waals surface area (Å²) in [4.78, 5) is 0. The summed E-state index contributed by atoms with van der Waals surface area (Å²) in [6.45, 7) is 0. The normalized spacial score (nSPS) is 12.4. The van der Waals surface area contributed by atoms with Gasteiger partial charge in [-0.3, -0.25) is 0 Å². The Bertz CT molecular complexity index is 500. The molecule has 2 aromatic rings. The van der Waals surface area contributed by atoms with Crippen LogP contribution in [-0.2, 0) is 0 Å². The molecule has 3 heteroatoms. The molecule has 1 heterocycles. The second kappa shape index (κ2) is 3.27. The van der Waals surface area contributed by atoms with Crippen molar-refractivity contribution in [3.63, 3.8) is 0 Å². The average Bonchev–Trinajstić information content (AvgIpc) is 2.56. The lowest BCUT2D eigenvalue weighted by molar-refractivity contribution is -0.589. The van der Waals surface area contributed by atoms with Crippen molar-refractivity contribution in [3.05, 3.63) is 55.2 Å². The molecule has 0 spiro atoms.